The quantitative estimate of drug-likeness (QED) is 0.910. The number of aromatic nitrogens is 2. The summed E-state index contributed by atoms with van der Waals surface area (Å²) in [6, 6.07) is 6.67. The average Bonchev–Trinajstić information content (AvgIpc) is 2.90. The van der Waals surface area contributed by atoms with E-state index in [0.29, 0.717) is 6.04 Å². The smallest absolute Gasteiger partial charge is 0.137 e. The summed E-state index contributed by atoms with van der Waals surface area (Å²) in [5, 5.41) is 9.32. The van der Waals surface area contributed by atoms with Crippen LogP contribution in [0.1, 0.15) is 37.8 Å². The van der Waals surface area contributed by atoms with Crippen LogP contribution in [-0.2, 0) is 6.54 Å². The zero-order chi connectivity index (χ0) is 13.8. The van der Waals surface area contributed by atoms with Gasteiger partial charge in [-0.2, -0.15) is 0 Å². The van der Waals surface area contributed by atoms with Crippen molar-refractivity contribution in [1.82, 2.24) is 14.3 Å². The number of aliphatic hydroxyl groups is 1. The van der Waals surface area contributed by atoms with Crippen LogP contribution in [0.25, 0.3) is 5.65 Å². The Bertz CT molecular complexity index is 512. The highest BCUT2D eigenvalue weighted by molar-refractivity contribution is 5.39. The lowest BCUT2D eigenvalue weighted by Crippen LogP contribution is -2.38. The molecule has 0 aromatic carbocycles. The topological polar surface area (TPSA) is 40.8 Å². The number of hydrogen-bond acceptors (Lipinski definition) is 3. The monoisotopic (exact) mass is 273 g/mol. The predicted molar refractivity (Wildman–Crippen MR) is 79.6 cm³/mol. The van der Waals surface area contributed by atoms with Gasteiger partial charge in [-0.05, 0) is 25.0 Å². The van der Waals surface area contributed by atoms with E-state index in [4.69, 9.17) is 0 Å². The maximum absolute atomic E-state index is 9.32. The van der Waals surface area contributed by atoms with Crippen molar-refractivity contribution in [3.05, 3.63) is 36.3 Å². The highest BCUT2D eigenvalue weighted by atomic mass is 16.3. The lowest BCUT2D eigenvalue weighted by Gasteiger charge is -2.33. The van der Waals surface area contributed by atoms with Crippen LogP contribution in [0.3, 0.4) is 0 Å². The van der Waals surface area contributed by atoms with Crippen LogP contribution in [0.2, 0.25) is 0 Å². The predicted octanol–water partition coefficient (Wildman–Crippen LogP) is 2.46. The first-order chi connectivity index (χ1) is 9.86. The summed E-state index contributed by atoms with van der Waals surface area (Å²) >= 11 is 0. The fraction of sp³-hybridized carbons (Fsp3) is 0.562. The third-order valence-electron chi connectivity index (χ3n) is 4.26. The zero-order valence-corrected chi connectivity index (χ0v) is 11.9. The fourth-order valence-electron chi connectivity index (χ4n) is 3.24. The van der Waals surface area contributed by atoms with Crippen LogP contribution >= 0.6 is 0 Å². The molecular weight excluding hydrogens is 250 g/mol. The molecule has 2 aromatic heterocycles. The van der Waals surface area contributed by atoms with Gasteiger partial charge < -0.3 is 9.51 Å². The molecule has 2 heterocycles. The van der Waals surface area contributed by atoms with Gasteiger partial charge in [0.15, 0.2) is 0 Å². The zero-order valence-electron chi connectivity index (χ0n) is 11.9. The number of pyridine rings is 1. The van der Waals surface area contributed by atoms with Crippen LogP contribution in [0.15, 0.2) is 30.6 Å². The first kappa shape index (κ1) is 13.6. The molecule has 1 aliphatic carbocycles. The molecule has 0 radical (unpaired) electrons. The van der Waals surface area contributed by atoms with Gasteiger partial charge in [-0.1, -0.05) is 25.3 Å². The van der Waals surface area contributed by atoms with Gasteiger partial charge in [0.1, 0.15) is 5.65 Å². The van der Waals surface area contributed by atoms with E-state index < -0.39 is 0 Å². The summed E-state index contributed by atoms with van der Waals surface area (Å²) in [4.78, 5) is 7.07. The minimum absolute atomic E-state index is 0.226. The molecule has 1 N–H and O–H groups in total. The van der Waals surface area contributed by atoms with Gasteiger partial charge in [0, 0.05) is 31.5 Å². The van der Waals surface area contributed by atoms with Crippen molar-refractivity contribution in [3.63, 3.8) is 0 Å². The average molecular weight is 273 g/mol. The Balaban J connectivity index is 1.74. The van der Waals surface area contributed by atoms with Crippen LogP contribution in [0.5, 0.6) is 0 Å². The Morgan fingerprint density at radius 1 is 1.25 bits per heavy atom. The van der Waals surface area contributed by atoms with E-state index >= 15 is 0 Å². The third kappa shape index (κ3) is 3.02. The van der Waals surface area contributed by atoms with Crippen LogP contribution in [0, 0.1) is 0 Å². The van der Waals surface area contributed by atoms with Crippen molar-refractivity contribution < 1.29 is 5.11 Å². The second kappa shape index (κ2) is 6.37. The number of imidazole rings is 1. The molecule has 1 aliphatic rings. The maximum Gasteiger partial charge on any atom is 0.137 e. The molecule has 0 amide bonds. The van der Waals surface area contributed by atoms with E-state index in [1.54, 1.807) is 0 Å². The molecule has 1 saturated carbocycles. The van der Waals surface area contributed by atoms with E-state index in [1.165, 1.54) is 32.1 Å². The molecule has 3 rings (SSSR count). The van der Waals surface area contributed by atoms with Crippen LogP contribution in [-0.4, -0.2) is 38.6 Å². The van der Waals surface area contributed by atoms with Gasteiger partial charge in [-0.15, -0.1) is 0 Å². The molecule has 0 spiro atoms. The first-order valence-electron chi connectivity index (χ1n) is 7.64. The summed E-state index contributed by atoms with van der Waals surface area (Å²) in [5.74, 6) is 0. The molecule has 0 atom stereocenters. The van der Waals surface area contributed by atoms with Crippen molar-refractivity contribution >= 4 is 5.65 Å². The van der Waals surface area contributed by atoms with E-state index in [9.17, 15) is 5.11 Å². The molecular formula is C16H23N3O. The Kier molecular flexibility index (Phi) is 4.33. The van der Waals surface area contributed by atoms with Gasteiger partial charge in [0.05, 0.1) is 12.3 Å². The Labute approximate surface area is 120 Å². The molecule has 0 bridgehead atoms. The van der Waals surface area contributed by atoms with Crippen molar-refractivity contribution in [2.75, 3.05) is 13.2 Å². The molecule has 4 nitrogen and oxygen atoms in total. The molecule has 0 unspecified atom stereocenters. The molecule has 4 heteroatoms. The molecule has 0 saturated heterocycles. The highest BCUT2D eigenvalue weighted by Gasteiger charge is 2.21. The number of rotatable bonds is 5. The molecule has 1 fully saturated rings. The van der Waals surface area contributed by atoms with Crippen molar-refractivity contribution in [2.45, 2.75) is 44.7 Å². The Hall–Kier alpha value is -1.39. The standard InChI is InChI=1S/C16H23N3O/c20-11-10-18(15-6-2-1-3-7-15)12-14-13-19-9-5-4-8-16(19)17-14/h4-5,8-9,13,15,20H,1-3,6-7,10-12H2. The second-order valence-electron chi connectivity index (χ2n) is 5.68. The van der Waals surface area contributed by atoms with Gasteiger partial charge in [-0.25, -0.2) is 4.98 Å². The van der Waals surface area contributed by atoms with Gasteiger partial charge in [-0.3, -0.25) is 4.90 Å². The van der Waals surface area contributed by atoms with Crippen LogP contribution in [0.4, 0.5) is 0 Å². The second-order valence-corrected chi connectivity index (χ2v) is 5.68. The minimum Gasteiger partial charge on any atom is -0.395 e. The van der Waals surface area contributed by atoms with Crippen molar-refractivity contribution in [1.29, 1.82) is 0 Å². The van der Waals surface area contributed by atoms with Crippen molar-refractivity contribution in [3.8, 4) is 0 Å². The van der Waals surface area contributed by atoms with Crippen molar-refractivity contribution in [2.24, 2.45) is 0 Å². The number of nitrogens with zero attached hydrogens (tertiary/aromatic N) is 3. The lowest BCUT2D eigenvalue weighted by atomic mass is 9.94. The van der Waals surface area contributed by atoms with Gasteiger partial charge in [0.2, 0.25) is 0 Å². The largest absolute Gasteiger partial charge is 0.395 e. The summed E-state index contributed by atoms with van der Waals surface area (Å²) in [7, 11) is 0. The number of fused-ring (bicyclic) bond motifs is 1. The van der Waals surface area contributed by atoms with E-state index in [1.807, 2.05) is 24.4 Å². The molecule has 0 aliphatic heterocycles. The maximum atomic E-state index is 9.32. The summed E-state index contributed by atoms with van der Waals surface area (Å²) < 4.78 is 2.06. The fourth-order valence-corrected chi connectivity index (χ4v) is 3.24. The highest BCUT2D eigenvalue weighted by Crippen LogP contribution is 2.23. The summed E-state index contributed by atoms with van der Waals surface area (Å²) in [5.41, 5.74) is 2.09. The number of hydrogen-bond donors (Lipinski definition) is 1. The minimum atomic E-state index is 0.226. The Morgan fingerprint density at radius 2 is 2.10 bits per heavy atom. The van der Waals surface area contributed by atoms with E-state index in [0.717, 1.165) is 24.4 Å². The van der Waals surface area contributed by atoms with E-state index in [-0.39, 0.29) is 6.61 Å². The van der Waals surface area contributed by atoms with Gasteiger partial charge in [0.25, 0.3) is 0 Å². The molecule has 20 heavy (non-hydrogen) atoms. The first-order valence-corrected chi connectivity index (χ1v) is 7.64. The summed E-state index contributed by atoms with van der Waals surface area (Å²) in [6.07, 6.45) is 10.6. The molecule has 108 valence electrons. The Morgan fingerprint density at radius 3 is 2.85 bits per heavy atom. The molecule has 2 aromatic rings. The number of aliphatic hydroxyl groups excluding tert-OH is 1. The third-order valence-corrected chi connectivity index (χ3v) is 4.26. The van der Waals surface area contributed by atoms with E-state index in [2.05, 4.69) is 20.5 Å². The summed E-state index contributed by atoms with van der Waals surface area (Å²) in [6.45, 7) is 1.81. The van der Waals surface area contributed by atoms with Crippen LogP contribution < -0.4 is 0 Å². The normalized spacial score (nSPS) is 17.1. The lowest BCUT2D eigenvalue weighted by molar-refractivity contribution is 0.116. The van der Waals surface area contributed by atoms with Gasteiger partial charge >= 0.3 is 0 Å². The SMILES string of the molecule is OCCN(Cc1cn2ccccc2n1)C1CCCCC1.